The molecule has 7 heteroatoms. The Morgan fingerprint density at radius 3 is 2.38 bits per heavy atom. The van der Waals surface area contributed by atoms with Crippen molar-refractivity contribution >= 4 is 46.6 Å². The zero-order chi connectivity index (χ0) is 24.1. The SMILES string of the molecule is Cc1ccc(NC(=O)CSc2nc(-c3ccc(Cl)cc3)cc(-c3ccccc3Cl)c2C#N)cc1. The maximum atomic E-state index is 12.6. The van der Waals surface area contributed by atoms with Crippen LogP contribution in [0.3, 0.4) is 0 Å². The van der Waals surface area contributed by atoms with Crippen molar-refractivity contribution in [2.24, 2.45) is 0 Å². The lowest BCUT2D eigenvalue weighted by molar-refractivity contribution is -0.113. The normalized spacial score (nSPS) is 10.5. The van der Waals surface area contributed by atoms with Crippen LogP contribution in [0.15, 0.2) is 83.9 Å². The Kier molecular flexibility index (Phi) is 7.54. The fourth-order valence-corrected chi connectivity index (χ4v) is 4.53. The number of aromatic nitrogens is 1. The van der Waals surface area contributed by atoms with Crippen molar-refractivity contribution in [3.63, 3.8) is 0 Å². The fraction of sp³-hybridized carbons (Fsp3) is 0.0741. The summed E-state index contributed by atoms with van der Waals surface area (Å²) in [5.74, 6) is -0.0857. The van der Waals surface area contributed by atoms with E-state index in [4.69, 9.17) is 28.2 Å². The Morgan fingerprint density at radius 1 is 1.00 bits per heavy atom. The highest BCUT2D eigenvalue weighted by Gasteiger charge is 2.18. The minimum absolute atomic E-state index is 0.0988. The number of rotatable bonds is 6. The number of carbonyl (C=O) groups is 1. The molecule has 0 atom stereocenters. The van der Waals surface area contributed by atoms with Gasteiger partial charge in [-0.25, -0.2) is 4.98 Å². The lowest BCUT2D eigenvalue weighted by Crippen LogP contribution is -2.14. The molecule has 1 N–H and O–H groups in total. The Morgan fingerprint density at radius 2 is 1.71 bits per heavy atom. The van der Waals surface area contributed by atoms with Crippen LogP contribution in [-0.2, 0) is 4.79 Å². The Labute approximate surface area is 212 Å². The first-order chi connectivity index (χ1) is 16.4. The summed E-state index contributed by atoms with van der Waals surface area (Å²) >= 11 is 13.7. The van der Waals surface area contributed by atoms with Gasteiger partial charge in [0.25, 0.3) is 0 Å². The molecule has 1 heterocycles. The molecule has 0 unspecified atom stereocenters. The highest BCUT2D eigenvalue weighted by molar-refractivity contribution is 8.00. The lowest BCUT2D eigenvalue weighted by Gasteiger charge is -2.13. The van der Waals surface area contributed by atoms with Crippen molar-refractivity contribution in [1.82, 2.24) is 4.98 Å². The van der Waals surface area contributed by atoms with Gasteiger partial charge in [0.1, 0.15) is 11.1 Å². The number of carbonyl (C=O) groups excluding carboxylic acids is 1. The molecule has 0 saturated heterocycles. The lowest BCUT2D eigenvalue weighted by atomic mass is 9.99. The van der Waals surface area contributed by atoms with E-state index in [2.05, 4.69) is 11.4 Å². The van der Waals surface area contributed by atoms with Crippen LogP contribution in [-0.4, -0.2) is 16.6 Å². The van der Waals surface area contributed by atoms with Gasteiger partial charge in [-0.1, -0.05) is 83.0 Å². The second kappa shape index (κ2) is 10.8. The molecule has 0 saturated carbocycles. The van der Waals surface area contributed by atoms with Gasteiger partial charge in [0.05, 0.1) is 17.0 Å². The van der Waals surface area contributed by atoms with E-state index in [9.17, 15) is 10.1 Å². The zero-order valence-electron chi connectivity index (χ0n) is 18.2. The topological polar surface area (TPSA) is 65.8 Å². The van der Waals surface area contributed by atoms with E-state index in [0.717, 1.165) is 22.4 Å². The van der Waals surface area contributed by atoms with E-state index in [1.165, 1.54) is 11.8 Å². The number of nitrogens with zero attached hydrogens (tertiary/aromatic N) is 2. The van der Waals surface area contributed by atoms with Crippen molar-refractivity contribution in [2.45, 2.75) is 11.9 Å². The van der Waals surface area contributed by atoms with Crippen LogP contribution in [0.2, 0.25) is 10.0 Å². The quantitative estimate of drug-likeness (QED) is 0.274. The minimum atomic E-state index is -0.185. The second-order valence-electron chi connectivity index (χ2n) is 7.54. The van der Waals surface area contributed by atoms with Crippen LogP contribution in [0.5, 0.6) is 0 Å². The molecule has 0 aliphatic heterocycles. The molecule has 34 heavy (non-hydrogen) atoms. The van der Waals surface area contributed by atoms with Gasteiger partial charge in [-0.2, -0.15) is 5.26 Å². The summed E-state index contributed by atoms with van der Waals surface area (Å²) in [5, 5.41) is 14.5. The van der Waals surface area contributed by atoms with E-state index in [1.54, 1.807) is 18.2 Å². The number of amides is 1. The molecule has 1 aromatic heterocycles. The smallest absolute Gasteiger partial charge is 0.234 e. The zero-order valence-corrected chi connectivity index (χ0v) is 20.5. The van der Waals surface area contributed by atoms with Crippen LogP contribution >= 0.6 is 35.0 Å². The summed E-state index contributed by atoms with van der Waals surface area (Å²) in [6.07, 6.45) is 0. The van der Waals surface area contributed by atoms with Crippen molar-refractivity contribution in [3.8, 4) is 28.5 Å². The summed E-state index contributed by atoms with van der Waals surface area (Å²) in [5.41, 5.74) is 5.09. The van der Waals surface area contributed by atoms with Crippen molar-refractivity contribution in [2.75, 3.05) is 11.1 Å². The summed E-state index contributed by atoms with van der Waals surface area (Å²) in [6, 6.07) is 26.3. The predicted molar refractivity (Wildman–Crippen MR) is 140 cm³/mol. The molecule has 4 nitrogen and oxygen atoms in total. The van der Waals surface area contributed by atoms with Crippen LogP contribution in [0.25, 0.3) is 22.4 Å². The van der Waals surface area contributed by atoms with Gasteiger partial charge < -0.3 is 5.32 Å². The molecule has 168 valence electrons. The van der Waals surface area contributed by atoms with Gasteiger partial charge in [-0.05, 0) is 43.3 Å². The molecule has 0 spiro atoms. The minimum Gasteiger partial charge on any atom is -0.325 e. The van der Waals surface area contributed by atoms with E-state index in [0.29, 0.717) is 31.9 Å². The third kappa shape index (κ3) is 5.60. The number of aryl methyl sites for hydroxylation is 1. The van der Waals surface area contributed by atoms with Gasteiger partial charge in [0.2, 0.25) is 5.91 Å². The standard InChI is InChI=1S/C27H19Cl2N3OS/c1-17-6-12-20(13-7-17)31-26(33)16-34-27-23(15-30)22(21-4-2-3-5-24(21)29)14-25(32-27)18-8-10-19(28)11-9-18/h2-14H,16H2,1H3,(H,31,33). The monoisotopic (exact) mass is 503 g/mol. The fourth-order valence-electron chi connectivity index (χ4n) is 3.36. The van der Waals surface area contributed by atoms with Crippen molar-refractivity contribution in [1.29, 1.82) is 5.26 Å². The van der Waals surface area contributed by atoms with Crippen LogP contribution < -0.4 is 5.32 Å². The van der Waals surface area contributed by atoms with Gasteiger partial charge in [-0.15, -0.1) is 0 Å². The van der Waals surface area contributed by atoms with E-state index in [-0.39, 0.29) is 11.7 Å². The molecule has 0 radical (unpaired) electrons. The number of hydrogen-bond acceptors (Lipinski definition) is 4. The summed E-state index contributed by atoms with van der Waals surface area (Å²) in [4.78, 5) is 17.3. The van der Waals surface area contributed by atoms with Gasteiger partial charge in [0.15, 0.2) is 0 Å². The average Bonchev–Trinajstić information content (AvgIpc) is 2.84. The number of pyridine rings is 1. The first kappa shape index (κ1) is 23.8. The summed E-state index contributed by atoms with van der Waals surface area (Å²) in [6.45, 7) is 1.99. The predicted octanol–water partition coefficient (Wildman–Crippen LogP) is 7.63. The van der Waals surface area contributed by atoms with Gasteiger partial charge in [0, 0.05) is 32.4 Å². The first-order valence-corrected chi connectivity index (χ1v) is 12.1. The first-order valence-electron chi connectivity index (χ1n) is 10.4. The molecule has 1 amide bonds. The Balaban J connectivity index is 1.70. The molecule has 4 rings (SSSR count). The number of benzene rings is 3. The average molecular weight is 504 g/mol. The molecule has 4 aromatic rings. The van der Waals surface area contributed by atoms with E-state index in [1.807, 2.05) is 67.6 Å². The van der Waals surface area contributed by atoms with Gasteiger partial charge in [-0.3, -0.25) is 4.79 Å². The number of hydrogen-bond donors (Lipinski definition) is 1. The third-order valence-corrected chi connectivity index (χ3v) is 6.63. The maximum absolute atomic E-state index is 12.6. The molecule has 0 bridgehead atoms. The van der Waals surface area contributed by atoms with Crippen LogP contribution in [0.1, 0.15) is 11.1 Å². The highest BCUT2D eigenvalue weighted by Crippen LogP contribution is 2.37. The van der Waals surface area contributed by atoms with Crippen LogP contribution in [0, 0.1) is 18.3 Å². The number of anilines is 1. The third-order valence-electron chi connectivity index (χ3n) is 5.08. The van der Waals surface area contributed by atoms with E-state index >= 15 is 0 Å². The number of thioether (sulfide) groups is 1. The molecule has 0 fully saturated rings. The van der Waals surface area contributed by atoms with E-state index < -0.39 is 0 Å². The Hall–Kier alpha value is -3.30. The number of nitrogens with one attached hydrogen (secondary N) is 1. The van der Waals surface area contributed by atoms with Crippen molar-refractivity contribution in [3.05, 3.63) is 100 Å². The number of nitriles is 1. The number of halogens is 2. The molecular weight excluding hydrogens is 485 g/mol. The second-order valence-corrected chi connectivity index (χ2v) is 9.34. The maximum Gasteiger partial charge on any atom is 0.234 e. The Bertz CT molecular complexity index is 1380. The van der Waals surface area contributed by atoms with Crippen molar-refractivity contribution < 1.29 is 4.79 Å². The molecule has 0 aliphatic carbocycles. The summed E-state index contributed by atoms with van der Waals surface area (Å²) < 4.78 is 0. The van der Waals surface area contributed by atoms with Gasteiger partial charge >= 0.3 is 0 Å². The molecular formula is C27H19Cl2N3OS. The highest BCUT2D eigenvalue weighted by atomic mass is 35.5. The van der Waals surface area contributed by atoms with Crippen LogP contribution in [0.4, 0.5) is 5.69 Å². The molecule has 0 aliphatic rings. The largest absolute Gasteiger partial charge is 0.325 e. The summed E-state index contributed by atoms with van der Waals surface area (Å²) in [7, 11) is 0. The molecule has 3 aromatic carbocycles.